The van der Waals surface area contributed by atoms with Gasteiger partial charge in [0, 0.05) is 36.6 Å². The van der Waals surface area contributed by atoms with Crippen LogP contribution < -0.4 is 0 Å². The Kier molecular flexibility index (Phi) is 5.64. The van der Waals surface area contributed by atoms with E-state index in [4.69, 9.17) is 0 Å². The van der Waals surface area contributed by atoms with Crippen molar-refractivity contribution >= 4 is 38.8 Å². The summed E-state index contributed by atoms with van der Waals surface area (Å²) in [4.78, 5) is 17.5. The van der Waals surface area contributed by atoms with Gasteiger partial charge in [-0.05, 0) is 72.4 Å². The summed E-state index contributed by atoms with van der Waals surface area (Å²) in [7, 11) is 2.24. The lowest BCUT2D eigenvalue weighted by atomic mass is 9.82. The first-order valence-electron chi connectivity index (χ1n) is 8.99. The summed E-state index contributed by atoms with van der Waals surface area (Å²) in [6.07, 6.45) is 5.57. The maximum atomic E-state index is 9.89. The normalized spacial score (nSPS) is 18.9. The summed E-state index contributed by atoms with van der Waals surface area (Å²) in [6, 6.07) is 7.13. The van der Waals surface area contributed by atoms with E-state index in [9.17, 15) is 4.79 Å². The van der Waals surface area contributed by atoms with Crippen LogP contribution in [-0.2, 0) is 11.2 Å². The van der Waals surface area contributed by atoms with Gasteiger partial charge in [0.05, 0.1) is 4.60 Å². The molecule has 25 heavy (non-hydrogen) atoms. The predicted molar refractivity (Wildman–Crippen MR) is 108 cm³/mol. The van der Waals surface area contributed by atoms with Crippen LogP contribution >= 0.6 is 15.9 Å². The van der Waals surface area contributed by atoms with Gasteiger partial charge in [0.2, 0.25) is 6.41 Å². The smallest absolute Gasteiger partial charge is 0.209 e. The summed E-state index contributed by atoms with van der Waals surface area (Å²) in [6.45, 7) is 6.72. The van der Waals surface area contributed by atoms with Crippen LogP contribution in [0, 0.1) is 0 Å². The van der Waals surface area contributed by atoms with Crippen LogP contribution in [0.2, 0.25) is 0 Å². The Morgan fingerprint density at radius 2 is 2.12 bits per heavy atom. The third kappa shape index (κ3) is 3.40. The van der Waals surface area contributed by atoms with Gasteiger partial charge in [0.1, 0.15) is 0 Å². The van der Waals surface area contributed by atoms with Gasteiger partial charge in [-0.1, -0.05) is 18.2 Å². The Morgan fingerprint density at radius 1 is 1.36 bits per heavy atom. The van der Waals surface area contributed by atoms with Crippen LogP contribution in [0.1, 0.15) is 31.4 Å². The van der Waals surface area contributed by atoms with E-state index in [0.29, 0.717) is 6.04 Å². The van der Waals surface area contributed by atoms with Crippen molar-refractivity contribution in [3.8, 4) is 0 Å². The summed E-state index contributed by atoms with van der Waals surface area (Å²) in [5.74, 6) is 0. The quantitative estimate of drug-likeness (QED) is 0.784. The highest BCUT2D eigenvalue weighted by molar-refractivity contribution is 9.10. The number of carbonyl (C=O) groups is 1. The molecule has 1 aromatic carbocycles. The predicted octanol–water partition coefficient (Wildman–Crippen LogP) is 4.06. The maximum absolute atomic E-state index is 9.89. The van der Waals surface area contributed by atoms with Crippen molar-refractivity contribution in [1.29, 1.82) is 0 Å². The number of amides is 1. The fraction of sp³-hybridized carbons (Fsp3) is 0.450. The fourth-order valence-corrected chi connectivity index (χ4v) is 4.37. The molecule has 0 bridgehead atoms. The Labute approximate surface area is 158 Å². The molecule has 4 rings (SSSR count). The molecule has 1 unspecified atom stereocenters. The van der Waals surface area contributed by atoms with E-state index in [1.54, 1.807) is 4.90 Å². The Hall–Kier alpha value is -1.59. The molecule has 0 saturated carbocycles. The summed E-state index contributed by atoms with van der Waals surface area (Å²) >= 11 is 3.68. The number of hydrogen-bond acceptors (Lipinski definition) is 2. The van der Waals surface area contributed by atoms with Crippen molar-refractivity contribution in [2.45, 2.75) is 32.7 Å². The van der Waals surface area contributed by atoms with Gasteiger partial charge in [0.15, 0.2) is 0 Å². The van der Waals surface area contributed by atoms with E-state index in [1.165, 1.54) is 40.6 Å². The standard InChI is InChI=1S/C15H15BrN2.C5H11NO/c1-18-7-3-5-9-10-4-2-6-12-14(10)11(8-13(9)18)15(16)17-12;1-3-6(4-2)5-7/h2,4-6,13,17H,3,7-8H2,1H3;5H,3-4H2,1-2H3. The minimum atomic E-state index is 0.545. The molecular weight excluding hydrogens is 378 g/mol. The van der Waals surface area contributed by atoms with Gasteiger partial charge in [-0.25, -0.2) is 0 Å². The molecule has 1 N–H and O–H groups in total. The molecule has 5 heteroatoms. The van der Waals surface area contributed by atoms with Crippen molar-refractivity contribution in [1.82, 2.24) is 14.8 Å². The number of nitrogens with zero attached hydrogens (tertiary/aromatic N) is 2. The van der Waals surface area contributed by atoms with Crippen LogP contribution in [0.3, 0.4) is 0 Å². The SMILES string of the molecule is CCN(C=O)CC.CN1CCC=C2c3cccc4[nH]c(Br)c(c34)CC21. The molecule has 1 aromatic heterocycles. The topological polar surface area (TPSA) is 39.3 Å². The lowest BCUT2D eigenvalue weighted by Crippen LogP contribution is -2.39. The van der Waals surface area contributed by atoms with Gasteiger partial charge in [-0.3, -0.25) is 9.69 Å². The second-order valence-corrected chi connectivity index (χ2v) is 7.41. The molecular formula is C20H26BrN3O. The van der Waals surface area contributed by atoms with Crippen LogP contribution in [-0.4, -0.2) is 53.9 Å². The van der Waals surface area contributed by atoms with Gasteiger partial charge in [0.25, 0.3) is 0 Å². The number of hydrogen-bond donors (Lipinski definition) is 1. The molecule has 0 spiro atoms. The molecule has 1 atom stereocenters. The minimum Gasteiger partial charge on any atom is -0.349 e. The van der Waals surface area contributed by atoms with Crippen molar-refractivity contribution in [2.75, 3.05) is 26.7 Å². The molecule has 2 aliphatic rings. The Morgan fingerprint density at radius 3 is 2.76 bits per heavy atom. The van der Waals surface area contributed by atoms with Crippen molar-refractivity contribution in [2.24, 2.45) is 0 Å². The number of benzene rings is 1. The highest BCUT2D eigenvalue weighted by Gasteiger charge is 2.31. The summed E-state index contributed by atoms with van der Waals surface area (Å²) < 4.78 is 1.16. The average molecular weight is 404 g/mol. The fourth-order valence-electron chi connectivity index (χ4n) is 3.79. The first-order chi connectivity index (χ1) is 12.1. The van der Waals surface area contributed by atoms with Crippen LogP contribution in [0.4, 0.5) is 0 Å². The number of likely N-dealkylation sites (N-methyl/N-ethyl adjacent to an activating group) is 1. The average Bonchev–Trinajstić information content (AvgIpc) is 2.95. The molecule has 0 radical (unpaired) electrons. The second kappa shape index (κ2) is 7.75. The first-order valence-corrected chi connectivity index (χ1v) is 9.79. The number of halogens is 1. The Balaban J connectivity index is 0.000000225. The van der Waals surface area contributed by atoms with Crippen LogP contribution in [0.25, 0.3) is 16.5 Å². The number of rotatable bonds is 3. The van der Waals surface area contributed by atoms with E-state index in [-0.39, 0.29) is 0 Å². The minimum absolute atomic E-state index is 0.545. The zero-order valence-corrected chi connectivity index (χ0v) is 16.8. The zero-order valence-electron chi connectivity index (χ0n) is 15.2. The molecule has 1 amide bonds. The lowest BCUT2D eigenvalue weighted by molar-refractivity contribution is -0.117. The molecule has 134 valence electrons. The van der Waals surface area contributed by atoms with Crippen molar-refractivity contribution < 1.29 is 4.79 Å². The third-order valence-electron chi connectivity index (χ3n) is 5.28. The maximum Gasteiger partial charge on any atom is 0.209 e. The van der Waals surface area contributed by atoms with Crippen molar-refractivity contribution in [3.63, 3.8) is 0 Å². The molecule has 1 aliphatic heterocycles. The summed E-state index contributed by atoms with van der Waals surface area (Å²) in [5.41, 5.74) is 5.64. The van der Waals surface area contributed by atoms with E-state index >= 15 is 0 Å². The van der Waals surface area contributed by atoms with Crippen LogP contribution in [0.5, 0.6) is 0 Å². The number of nitrogens with one attached hydrogen (secondary N) is 1. The van der Waals surface area contributed by atoms with Crippen LogP contribution in [0.15, 0.2) is 28.9 Å². The van der Waals surface area contributed by atoms with Gasteiger partial charge < -0.3 is 9.88 Å². The molecule has 0 fully saturated rings. The number of aromatic nitrogens is 1. The monoisotopic (exact) mass is 403 g/mol. The zero-order chi connectivity index (χ0) is 18.0. The molecule has 2 aromatic rings. The number of H-pyrrole nitrogens is 1. The van der Waals surface area contributed by atoms with E-state index < -0.39 is 0 Å². The van der Waals surface area contributed by atoms with Gasteiger partial charge in [-0.15, -0.1) is 0 Å². The molecule has 0 saturated heterocycles. The van der Waals surface area contributed by atoms with E-state index in [1.807, 2.05) is 13.8 Å². The lowest BCUT2D eigenvalue weighted by Gasteiger charge is -2.37. The highest BCUT2D eigenvalue weighted by Crippen LogP contribution is 2.42. The van der Waals surface area contributed by atoms with Gasteiger partial charge >= 0.3 is 0 Å². The molecule has 2 heterocycles. The van der Waals surface area contributed by atoms with Gasteiger partial charge in [-0.2, -0.15) is 0 Å². The second-order valence-electron chi connectivity index (χ2n) is 6.62. The van der Waals surface area contributed by atoms with Crippen molar-refractivity contribution in [3.05, 3.63) is 40.0 Å². The van der Waals surface area contributed by atoms with E-state index in [0.717, 1.165) is 30.5 Å². The van der Waals surface area contributed by atoms with E-state index in [2.05, 4.69) is 57.1 Å². The largest absolute Gasteiger partial charge is 0.349 e. The summed E-state index contributed by atoms with van der Waals surface area (Å²) in [5, 5.41) is 1.42. The molecule has 1 aliphatic carbocycles. The number of carbonyl (C=O) groups excluding carboxylic acids is 1. The number of aromatic amines is 1. The number of fused-ring (bicyclic) bond motifs is 2. The highest BCUT2D eigenvalue weighted by atomic mass is 79.9. The third-order valence-corrected chi connectivity index (χ3v) is 5.96. The first kappa shape index (κ1) is 18.2. The molecule has 4 nitrogen and oxygen atoms in total. The Bertz CT molecular complexity index is 792.